The Labute approximate surface area is 168 Å². The van der Waals surface area contributed by atoms with Gasteiger partial charge in [-0.1, -0.05) is 24.8 Å². The maximum Gasteiger partial charge on any atom is 0.311 e. The second-order valence-electron chi connectivity index (χ2n) is 6.29. The molecule has 3 aromatic rings. The van der Waals surface area contributed by atoms with Crippen LogP contribution in [-0.4, -0.2) is 26.6 Å². The predicted octanol–water partition coefficient (Wildman–Crippen LogP) is 2.69. The van der Waals surface area contributed by atoms with E-state index in [4.69, 9.17) is 10.5 Å². The van der Waals surface area contributed by atoms with Crippen LogP contribution in [0.5, 0.6) is 5.75 Å². The minimum Gasteiger partial charge on any atom is -0.424 e. The third-order valence-electron chi connectivity index (χ3n) is 4.14. The first kappa shape index (κ1) is 19.8. The molecule has 0 saturated heterocycles. The van der Waals surface area contributed by atoms with Gasteiger partial charge in [-0.2, -0.15) is 5.10 Å². The van der Waals surface area contributed by atoms with Crippen molar-refractivity contribution in [1.82, 2.24) is 14.8 Å². The number of ether oxygens (including phenoxy) is 1. The molecule has 1 aromatic carbocycles. The molecule has 0 atom stereocenters. The lowest BCUT2D eigenvalue weighted by Crippen LogP contribution is -2.16. The molecule has 0 aliphatic rings. The lowest BCUT2D eigenvalue weighted by atomic mass is 10.1. The van der Waals surface area contributed by atoms with Gasteiger partial charge in [0.1, 0.15) is 0 Å². The van der Waals surface area contributed by atoms with E-state index >= 15 is 0 Å². The lowest BCUT2D eigenvalue weighted by molar-refractivity contribution is -0.134. The van der Waals surface area contributed by atoms with Gasteiger partial charge in [-0.05, 0) is 36.8 Å². The molecule has 2 aromatic heterocycles. The number of aromatic nitrogens is 3. The second kappa shape index (κ2) is 8.85. The van der Waals surface area contributed by atoms with Crippen LogP contribution in [0.4, 0.5) is 0 Å². The smallest absolute Gasteiger partial charge is 0.311 e. The highest BCUT2D eigenvalue weighted by molar-refractivity contribution is 5.97. The fraction of sp³-hybridized carbons (Fsp3) is 0.182. The monoisotopic (exact) mass is 388 g/mol. The number of nitrogens with zero attached hydrogens (tertiary/aromatic N) is 3. The first-order valence-corrected chi connectivity index (χ1v) is 9.09. The molecule has 0 fully saturated rings. The van der Waals surface area contributed by atoms with E-state index in [2.05, 4.69) is 21.9 Å². The zero-order valence-corrected chi connectivity index (χ0v) is 16.2. The molecule has 0 aliphatic heterocycles. The van der Waals surface area contributed by atoms with Gasteiger partial charge in [-0.25, -0.2) is 0 Å². The van der Waals surface area contributed by atoms with Crippen molar-refractivity contribution in [2.75, 3.05) is 0 Å². The standard InChI is InChI=1S/C22H20N4O3/c1-3-5-20(27)29-21-16(6-4-7-17(21)22(23)28)10-8-15-9-11-18(24-14-15)19-12-13-25-26(19)2/h4,6-7,9,11-14H,3,5H2,1-2H3,(H2,23,28). The van der Waals surface area contributed by atoms with Gasteiger partial charge in [-0.3, -0.25) is 19.3 Å². The summed E-state index contributed by atoms with van der Waals surface area (Å²) in [6.45, 7) is 1.87. The summed E-state index contributed by atoms with van der Waals surface area (Å²) in [5, 5.41) is 4.13. The number of rotatable bonds is 5. The van der Waals surface area contributed by atoms with Gasteiger partial charge < -0.3 is 10.5 Å². The summed E-state index contributed by atoms with van der Waals surface area (Å²) in [6.07, 6.45) is 4.22. The highest BCUT2D eigenvalue weighted by atomic mass is 16.5. The normalized spacial score (nSPS) is 10.1. The maximum atomic E-state index is 12.0. The van der Waals surface area contributed by atoms with Crippen LogP contribution in [0.25, 0.3) is 11.4 Å². The molecule has 1 amide bonds. The third kappa shape index (κ3) is 4.68. The van der Waals surface area contributed by atoms with Gasteiger partial charge in [-0.15, -0.1) is 0 Å². The number of carbonyl (C=O) groups is 2. The molecule has 7 nitrogen and oxygen atoms in total. The predicted molar refractivity (Wildman–Crippen MR) is 108 cm³/mol. The summed E-state index contributed by atoms with van der Waals surface area (Å²) < 4.78 is 7.12. The number of pyridine rings is 1. The minimum atomic E-state index is -0.685. The molecule has 7 heteroatoms. The van der Waals surface area contributed by atoms with Gasteiger partial charge in [0.05, 0.1) is 22.5 Å². The number of hydrogen-bond donors (Lipinski definition) is 1. The van der Waals surface area contributed by atoms with Crippen molar-refractivity contribution in [3.8, 4) is 29.0 Å². The Hall–Kier alpha value is -3.92. The first-order chi connectivity index (χ1) is 14.0. The van der Waals surface area contributed by atoms with E-state index in [0.29, 0.717) is 17.5 Å². The Bertz CT molecular complexity index is 1110. The largest absolute Gasteiger partial charge is 0.424 e. The zero-order chi connectivity index (χ0) is 20.8. The van der Waals surface area contributed by atoms with Gasteiger partial charge in [0, 0.05) is 31.4 Å². The second-order valence-corrected chi connectivity index (χ2v) is 6.29. The molecule has 29 heavy (non-hydrogen) atoms. The van der Waals surface area contributed by atoms with Crippen molar-refractivity contribution in [2.24, 2.45) is 12.8 Å². The number of hydrogen-bond acceptors (Lipinski definition) is 5. The van der Waals surface area contributed by atoms with E-state index in [1.165, 1.54) is 6.07 Å². The van der Waals surface area contributed by atoms with E-state index < -0.39 is 11.9 Å². The fourth-order valence-corrected chi connectivity index (χ4v) is 2.69. The number of para-hydroxylation sites is 1. The van der Waals surface area contributed by atoms with Crippen molar-refractivity contribution >= 4 is 11.9 Å². The number of benzene rings is 1. The summed E-state index contributed by atoms with van der Waals surface area (Å²) in [5.74, 6) is 4.89. The van der Waals surface area contributed by atoms with Crippen LogP contribution in [0, 0.1) is 11.8 Å². The molecular weight excluding hydrogens is 368 g/mol. The molecule has 0 spiro atoms. The Morgan fingerprint density at radius 2 is 2.00 bits per heavy atom. The Morgan fingerprint density at radius 1 is 1.17 bits per heavy atom. The molecule has 2 N–H and O–H groups in total. The SMILES string of the molecule is CCCC(=O)Oc1c(C#Cc2ccc(-c3ccnn3C)nc2)cccc1C(N)=O. The minimum absolute atomic E-state index is 0.0883. The van der Waals surface area contributed by atoms with Crippen LogP contribution >= 0.6 is 0 Å². The van der Waals surface area contributed by atoms with Crippen molar-refractivity contribution in [3.63, 3.8) is 0 Å². The van der Waals surface area contributed by atoms with Gasteiger partial charge in [0.15, 0.2) is 5.75 Å². The van der Waals surface area contributed by atoms with Crippen LogP contribution in [-0.2, 0) is 11.8 Å². The average molecular weight is 388 g/mol. The number of nitrogens with two attached hydrogens (primary N) is 1. The van der Waals surface area contributed by atoms with Crippen LogP contribution in [0.15, 0.2) is 48.8 Å². The van der Waals surface area contributed by atoms with E-state index in [-0.39, 0.29) is 17.7 Å². The van der Waals surface area contributed by atoms with Crippen LogP contribution < -0.4 is 10.5 Å². The summed E-state index contributed by atoms with van der Waals surface area (Å²) in [7, 11) is 1.85. The Morgan fingerprint density at radius 3 is 2.62 bits per heavy atom. The Balaban J connectivity index is 1.91. The van der Waals surface area contributed by atoms with E-state index in [9.17, 15) is 9.59 Å². The first-order valence-electron chi connectivity index (χ1n) is 9.09. The number of primary amides is 1. The van der Waals surface area contributed by atoms with Gasteiger partial charge >= 0.3 is 5.97 Å². The van der Waals surface area contributed by atoms with Crippen LogP contribution in [0.3, 0.4) is 0 Å². The highest BCUT2D eigenvalue weighted by Gasteiger charge is 2.16. The number of amides is 1. The van der Waals surface area contributed by atoms with Crippen molar-refractivity contribution in [3.05, 3.63) is 65.5 Å². The fourth-order valence-electron chi connectivity index (χ4n) is 2.69. The zero-order valence-electron chi connectivity index (χ0n) is 16.2. The molecule has 0 saturated carbocycles. The Kier molecular flexibility index (Phi) is 6.05. The number of aryl methyl sites for hydroxylation is 1. The van der Waals surface area contributed by atoms with Crippen LogP contribution in [0.1, 0.15) is 41.3 Å². The summed E-state index contributed by atoms with van der Waals surface area (Å²) in [6, 6.07) is 10.4. The lowest BCUT2D eigenvalue weighted by Gasteiger charge is -2.09. The van der Waals surface area contributed by atoms with E-state index in [0.717, 1.165) is 11.4 Å². The average Bonchev–Trinajstić information content (AvgIpc) is 3.13. The van der Waals surface area contributed by atoms with Crippen molar-refractivity contribution in [2.45, 2.75) is 19.8 Å². The topological polar surface area (TPSA) is 100 Å². The highest BCUT2D eigenvalue weighted by Crippen LogP contribution is 2.24. The number of carbonyl (C=O) groups excluding carboxylic acids is 2. The van der Waals surface area contributed by atoms with E-state index in [1.807, 2.05) is 32.2 Å². The van der Waals surface area contributed by atoms with Crippen LogP contribution in [0.2, 0.25) is 0 Å². The molecular formula is C22H20N4O3. The van der Waals surface area contributed by atoms with E-state index in [1.54, 1.807) is 29.2 Å². The summed E-state index contributed by atoms with van der Waals surface area (Å²) >= 11 is 0. The molecule has 3 rings (SSSR count). The summed E-state index contributed by atoms with van der Waals surface area (Å²) in [5.41, 5.74) is 8.28. The summed E-state index contributed by atoms with van der Waals surface area (Å²) in [4.78, 5) is 28.1. The quantitative estimate of drug-likeness (QED) is 0.411. The molecule has 0 unspecified atom stereocenters. The van der Waals surface area contributed by atoms with Gasteiger partial charge in [0.2, 0.25) is 0 Å². The third-order valence-corrected chi connectivity index (χ3v) is 4.14. The van der Waals surface area contributed by atoms with Crippen molar-refractivity contribution < 1.29 is 14.3 Å². The van der Waals surface area contributed by atoms with Gasteiger partial charge in [0.25, 0.3) is 5.91 Å². The molecule has 146 valence electrons. The number of esters is 1. The molecule has 0 aliphatic carbocycles. The molecule has 0 bridgehead atoms. The maximum absolute atomic E-state index is 12.0. The van der Waals surface area contributed by atoms with Crippen molar-refractivity contribution in [1.29, 1.82) is 0 Å². The molecule has 0 radical (unpaired) electrons. The molecule has 2 heterocycles.